The van der Waals surface area contributed by atoms with Crippen molar-refractivity contribution < 1.29 is 112 Å². The number of carbonyl (C=O) groups excluding carboxylic acids is 2. The molecule has 4 rings (SSSR count). The van der Waals surface area contributed by atoms with Gasteiger partial charge in [0, 0.05) is 30.4 Å². The van der Waals surface area contributed by atoms with Crippen molar-refractivity contribution in [3.05, 3.63) is 146 Å². The molecular formula is C97H216O26Si24. The van der Waals surface area contributed by atoms with Gasteiger partial charge in [0.15, 0.2) is 99.8 Å². The lowest BCUT2D eigenvalue weighted by molar-refractivity contribution is -0.139. The molecular weight excluding hydrogens is 2260 g/mol. The van der Waals surface area contributed by atoms with E-state index in [2.05, 4.69) is 391 Å². The number of carbonyl (C=O) groups is 2. The number of ether oxygens (including phenoxy) is 6. The van der Waals surface area contributed by atoms with Crippen molar-refractivity contribution in [2.45, 2.75) is 397 Å². The summed E-state index contributed by atoms with van der Waals surface area (Å²) in [5.74, 6) is -0.726. The first kappa shape index (κ1) is 149. The highest BCUT2D eigenvalue weighted by molar-refractivity contribution is 7.04. The molecule has 3 atom stereocenters. The van der Waals surface area contributed by atoms with Crippen LogP contribution in [0, 0.1) is 0 Å². The van der Waals surface area contributed by atoms with Crippen molar-refractivity contribution in [1.29, 1.82) is 0 Å². The van der Waals surface area contributed by atoms with Crippen LogP contribution < -0.4 is 10.4 Å². The van der Waals surface area contributed by atoms with Gasteiger partial charge in [-0.25, -0.2) is 9.59 Å². The molecule has 2 heterocycles. The zero-order valence-corrected chi connectivity index (χ0v) is 127. The molecule has 26 nitrogen and oxygen atoms in total. The SMILES string of the molecule is C=C(C)C(=O)OCCC[Si](C)(O[Si](C)(C)C)O[Si](C)(C)C.C=C(C)C(=O)OCCC[Si](O[Si](C)(C)O[Si](C)(C)C)(O[Si](C)(C)O[Si](C)(C)C)O[Si](C)(C)O[Si](C)(C)C.C=C[Si](C)(C)O[Si](C)(C)O[Si](C)(C)C=C.C=C[Si](C)(C)O[Si](C)(C)O[Si](O[Si](C)(C)C=C)(c1ccccc1)c1ccccc1.C=C[Si](C)(O[Si](C)(C)C)O[Si](C)(C)O[Si](C)(C)C.C[Si](C)(CCCOCC1CO1)O[Si](C)(C)O[Si](C)(C)CCCOCC1CO1. The summed E-state index contributed by atoms with van der Waals surface area (Å²) < 4.78 is 151. The average molecular weight is 2470 g/mol. The lowest BCUT2D eigenvalue weighted by atomic mass is 10.4. The van der Waals surface area contributed by atoms with Gasteiger partial charge >= 0.3 is 106 Å². The van der Waals surface area contributed by atoms with Gasteiger partial charge in [-0.1, -0.05) is 102 Å². The van der Waals surface area contributed by atoms with Crippen LogP contribution in [0.3, 0.4) is 0 Å². The van der Waals surface area contributed by atoms with Crippen molar-refractivity contribution in [2.75, 3.05) is 52.9 Å². The highest BCUT2D eigenvalue weighted by atomic mass is 28.5. The number of hydrogen-bond acceptors (Lipinski definition) is 26. The summed E-state index contributed by atoms with van der Waals surface area (Å²) >= 11 is 0. The van der Waals surface area contributed by atoms with Crippen molar-refractivity contribution in [1.82, 2.24) is 0 Å². The van der Waals surface area contributed by atoms with E-state index in [1.54, 1.807) is 13.8 Å². The Kier molecular flexibility index (Phi) is 62.4. The van der Waals surface area contributed by atoms with Crippen molar-refractivity contribution in [2.24, 2.45) is 0 Å². The molecule has 3 unspecified atom stereocenters. The molecule has 0 amide bonds. The highest BCUT2D eigenvalue weighted by Gasteiger charge is 2.58. The topological polar surface area (TPSA) is 262 Å². The van der Waals surface area contributed by atoms with Gasteiger partial charge in [0.2, 0.25) is 8.32 Å². The van der Waals surface area contributed by atoms with Crippen LogP contribution in [-0.2, 0) is 112 Å². The molecule has 2 saturated heterocycles. The summed E-state index contributed by atoms with van der Waals surface area (Å²) in [5, 5.41) is 2.19. The van der Waals surface area contributed by atoms with E-state index in [9.17, 15) is 9.59 Å². The van der Waals surface area contributed by atoms with E-state index in [0.29, 0.717) is 42.4 Å². The first-order chi connectivity index (χ1) is 65.6. The second-order valence-corrected chi connectivity index (χ2v) is 148. The summed E-state index contributed by atoms with van der Waals surface area (Å²) in [6.07, 6.45) is 4.11. The predicted molar refractivity (Wildman–Crippen MR) is 678 cm³/mol. The fraction of sp³-hybridized carbons (Fsp3) is 0.711. The summed E-state index contributed by atoms with van der Waals surface area (Å²) in [4.78, 5) is 23.4. The fourth-order valence-corrected chi connectivity index (χ4v) is 118. The molecule has 0 N–H and O–H groups in total. The average Bonchev–Trinajstić information content (AvgIpc) is 1.20. The molecule has 0 saturated carbocycles. The zero-order valence-electron chi connectivity index (χ0n) is 103. The van der Waals surface area contributed by atoms with Crippen molar-refractivity contribution in [3.63, 3.8) is 0 Å². The molecule has 0 aliphatic carbocycles. The predicted octanol–water partition coefficient (Wildman–Crippen LogP) is 27.8. The maximum atomic E-state index is 12.0. The summed E-state index contributed by atoms with van der Waals surface area (Å²) in [7, 11) is -51.3. The lowest BCUT2D eigenvalue weighted by Crippen LogP contribution is -2.71. The number of hydrogen-bond donors (Lipinski definition) is 0. The molecule has 2 fully saturated rings. The standard InChI is InChI=1S/C22H56O8Si7.C22H34O3Si4.C18H40O6Si3.C14H32O4Si3.C11H30O3Si4.C10H24O2Si3/c1-21(2)22(23)24-19-18-20-37(28-34(12,13)25-31(3,4)5,29-35(14,15)26-32(6,7)8)30-36(16,17)27-33(9,10)11;1-9-26(3,4)23-28(7,8)25-29(24-27(5,6)10-2,21-17-13-11-14-18-21)22-19-15-12-16-20-22;1-25(2,11-7-9-19-13-17-15-21-17)23-27(5,6)24-26(3,4)12-8-10-20-14-18-16-22-18;1-13(2)14(15)16-11-10-12-21(9,17-19(3,4)5)18-20(6,7)8;1-11-18(10,13-16(5,6)7)14-17(8,9)12-15(2,3)4;1-9-13(3,4)11-15(7,8)12-14(5,6)10-2/h1,18-20H2,2-17H3;9-20H,1-2H2,3-8H3;17-18H,7-16H2,1-6H3;1,10-12H2,2-9H3;11H,1H2,2-10H3;9-10H,1-2H2,3-8H3. The molecule has 2 aliphatic heterocycles. The Hall–Kier alpha value is -0.115. The van der Waals surface area contributed by atoms with E-state index in [4.69, 9.17) is 102 Å². The van der Waals surface area contributed by atoms with Crippen LogP contribution in [0.15, 0.2) is 146 Å². The minimum Gasteiger partial charge on any atom is -0.462 e. The zero-order chi connectivity index (χ0) is 116. The molecule has 0 radical (unpaired) electrons. The minimum absolute atomic E-state index is 0.223. The van der Waals surface area contributed by atoms with E-state index in [1.165, 1.54) is 0 Å². The molecule has 2 aliphatic rings. The van der Waals surface area contributed by atoms with Gasteiger partial charge in [0.1, 0.15) is 12.2 Å². The second kappa shape index (κ2) is 61.6. The Morgan fingerprint density at radius 1 is 0.286 bits per heavy atom. The normalized spacial score (nSPS) is 15.9. The maximum absolute atomic E-state index is 12.0. The Morgan fingerprint density at radius 3 is 0.789 bits per heavy atom. The highest BCUT2D eigenvalue weighted by Crippen LogP contribution is 2.37. The van der Waals surface area contributed by atoms with Crippen molar-refractivity contribution >= 4 is 225 Å². The smallest absolute Gasteiger partial charge is 0.462 e. The van der Waals surface area contributed by atoms with Gasteiger partial charge in [0.25, 0.3) is 0 Å². The van der Waals surface area contributed by atoms with Crippen LogP contribution in [0.25, 0.3) is 0 Å². The summed E-state index contributed by atoms with van der Waals surface area (Å²) in [6.45, 7) is 141. The molecule has 0 aromatic heterocycles. The molecule has 0 bridgehead atoms. The van der Waals surface area contributed by atoms with E-state index >= 15 is 0 Å². The monoisotopic (exact) mass is 2470 g/mol. The fourth-order valence-electron chi connectivity index (χ4n) is 16.2. The third kappa shape index (κ3) is 76.4. The van der Waals surface area contributed by atoms with Crippen LogP contribution in [0.4, 0.5) is 0 Å². The quantitative estimate of drug-likeness (QED) is 0.0196. The van der Waals surface area contributed by atoms with Gasteiger partial charge < -0.3 is 102 Å². The third-order valence-electron chi connectivity index (χ3n) is 19.5. The van der Waals surface area contributed by atoms with Gasteiger partial charge in [-0.3, -0.25) is 0 Å². The number of benzene rings is 2. The number of rotatable bonds is 65. The van der Waals surface area contributed by atoms with Gasteiger partial charge in [-0.2, -0.15) is 0 Å². The van der Waals surface area contributed by atoms with E-state index in [1.807, 2.05) is 64.9 Å². The van der Waals surface area contributed by atoms with E-state index in [-0.39, 0.29) is 12.6 Å². The molecule has 2 aromatic rings. The summed E-state index contributed by atoms with van der Waals surface area (Å²) in [6, 6.07) is 24.3. The maximum Gasteiger partial charge on any atom is 0.474 e. The third-order valence-corrected chi connectivity index (χ3v) is 102. The van der Waals surface area contributed by atoms with Gasteiger partial charge in [-0.15, -0.1) is 32.9 Å². The van der Waals surface area contributed by atoms with Crippen LogP contribution >= 0.6 is 0 Å². The lowest BCUT2D eigenvalue weighted by Gasteiger charge is -2.46. The van der Waals surface area contributed by atoms with Crippen LogP contribution in [0.1, 0.15) is 39.5 Å². The largest absolute Gasteiger partial charge is 0.474 e. The molecule has 50 heteroatoms. The van der Waals surface area contributed by atoms with Gasteiger partial charge in [0.05, 0.1) is 39.6 Å². The Labute approximate surface area is 924 Å². The molecule has 0 spiro atoms. The van der Waals surface area contributed by atoms with E-state index in [0.717, 1.165) is 87.4 Å². The van der Waals surface area contributed by atoms with Crippen LogP contribution in [0.2, 0.25) is 345 Å². The number of epoxide rings is 2. The van der Waals surface area contributed by atoms with Crippen molar-refractivity contribution in [3.8, 4) is 0 Å². The molecule has 147 heavy (non-hydrogen) atoms. The first-order valence-corrected chi connectivity index (χ1v) is 123. The number of esters is 2. The Bertz CT molecular complexity index is 4070. The second-order valence-electron chi connectivity index (χ2n) is 51.9. The Balaban J connectivity index is 0. The molecule has 2 aromatic carbocycles. The minimum atomic E-state index is -3.44. The molecule has 856 valence electrons. The van der Waals surface area contributed by atoms with Crippen LogP contribution in [-0.4, -0.2) is 280 Å². The first-order valence-electron chi connectivity index (χ1n) is 52.5. The Morgan fingerprint density at radius 2 is 0.531 bits per heavy atom. The van der Waals surface area contributed by atoms with Crippen LogP contribution in [0.5, 0.6) is 0 Å². The summed E-state index contributed by atoms with van der Waals surface area (Å²) in [5.41, 5.74) is 10.5. The van der Waals surface area contributed by atoms with Gasteiger partial charge in [-0.05, 0) is 389 Å². The van der Waals surface area contributed by atoms with E-state index < -0.39 is 209 Å².